The van der Waals surface area contributed by atoms with E-state index in [1.54, 1.807) is 0 Å². The smallest absolute Gasteiger partial charge is 0.146 e. The van der Waals surface area contributed by atoms with Crippen LogP contribution in [-0.2, 0) is 18.9 Å². The summed E-state index contributed by atoms with van der Waals surface area (Å²) in [6.45, 7) is 0.780. The van der Waals surface area contributed by atoms with E-state index >= 15 is 0 Å². The number of methoxy groups -OCH3 is 2. The van der Waals surface area contributed by atoms with Gasteiger partial charge in [0.1, 0.15) is 19.0 Å². The first-order valence-electron chi connectivity index (χ1n) is 4.70. The lowest BCUT2D eigenvalue weighted by Crippen LogP contribution is -2.24. The molecule has 6 heteroatoms. The molecule has 6 nitrogen and oxygen atoms in total. The van der Waals surface area contributed by atoms with Crippen LogP contribution in [0, 0.1) is 0 Å². The van der Waals surface area contributed by atoms with Crippen molar-refractivity contribution >= 4 is 0 Å². The van der Waals surface area contributed by atoms with Gasteiger partial charge < -0.3 is 29.2 Å². The minimum Gasteiger partial charge on any atom is -0.388 e. The number of aliphatic hydroxyl groups excluding tert-OH is 2. The van der Waals surface area contributed by atoms with Gasteiger partial charge in [0.25, 0.3) is 0 Å². The Morgan fingerprint density at radius 2 is 1.12 bits per heavy atom. The normalized spacial score (nSPS) is 13.4. The van der Waals surface area contributed by atoms with Gasteiger partial charge in [-0.3, -0.25) is 0 Å². The zero-order chi connectivity index (χ0) is 11.5. The summed E-state index contributed by atoms with van der Waals surface area (Å²) in [6.07, 6.45) is -1.30. The third-order valence-electron chi connectivity index (χ3n) is 1.51. The minimum atomic E-state index is -0.650. The standard InChI is InChI=1S/C9H20O6.2CH4/c1-12-3-8(10)5-14-7-15-6-9(11)4-13-2;;/h8-11H,3-7H2,1-2H3;2*1H4. The average Bonchev–Trinajstić information content (AvgIpc) is 2.18. The van der Waals surface area contributed by atoms with Crippen LogP contribution < -0.4 is 0 Å². The van der Waals surface area contributed by atoms with Crippen molar-refractivity contribution in [1.82, 2.24) is 0 Å². The second kappa shape index (κ2) is 15.8. The van der Waals surface area contributed by atoms with E-state index in [1.807, 2.05) is 0 Å². The highest BCUT2D eigenvalue weighted by Crippen LogP contribution is 1.90. The molecule has 0 bridgehead atoms. The van der Waals surface area contributed by atoms with E-state index in [-0.39, 0.29) is 48.1 Å². The molecule has 108 valence electrons. The van der Waals surface area contributed by atoms with Gasteiger partial charge in [-0.25, -0.2) is 0 Å². The van der Waals surface area contributed by atoms with Crippen molar-refractivity contribution in [2.24, 2.45) is 0 Å². The summed E-state index contributed by atoms with van der Waals surface area (Å²) in [5.74, 6) is 0. The Hall–Kier alpha value is -0.240. The maximum Gasteiger partial charge on any atom is 0.146 e. The number of rotatable bonds is 10. The molecule has 0 saturated carbocycles. The number of aliphatic hydroxyl groups is 2. The maximum atomic E-state index is 9.17. The molecule has 17 heavy (non-hydrogen) atoms. The van der Waals surface area contributed by atoms with Crippen LogP contribution in [0.15, 0.2) is 0 Å². The van der Waals surface area contributed by atoms with Crippen molar-refractivity contribution in [3.63, 3.8) is 0 Å². The molecular formula is C11H28O6. The summed E-state index contributed by atoms with van der Waals surface area (Å²) in [5.41, 5.74) is 0. The van der Waals surface area contributed by atoms with Crippen molar-refractivity contribution in [2.45, 2.75) is 27.1 Å². The van der Waals surface area contributed by atoms with Crippen LogP contribution in [0.25, 0.3) is 0 Å². The summed E-state index contributed by atoms with van der Waals surface area (Å²) >= 11 is 0. The molecule has 0 aliphatic rings. The molecule has 0 aliphatic carbocycles. The fourth-order valence-corrected chi connectivity index (χ4v) is 0.908. The average molecular weight is 256 g/mol. The topological polar surface area (TPSA) is 77.4 Å². The molecule has 2 unspecified atom stereocenters. The van der Waals surface area contributed by atoms with E-state index in [0.29, 0.717) is 0 Å². The second-order valence-electron chi connectivity index (χ2n) is 3.08. The molecule has 0 aliphatic heterocycles. The van der Waals surface area contributed by atoms with E-state index in [9.17, 15) is 0 Å². The molecule has 0 fully saturated rings. The van der Waals surface area contributed by atoms with Gasteiger partial charge in [0.2, 0.25) is 0 Å². The quantitative estimate of drug-likeness (QED) is 0.431. The molecule has 0 heterocycles. The number of hydrogen-bond acceptors (Lipinski definition) is 6. The molecule has 0 radical (unpaired) electrons. The first-order chi connectivity index (χ1) is 7.20. The van der Waals surface area contributed by atoms with Gasteiger partial charge in [-0.2, -0.15) is 0 Å². The Labute approximate surface area is 104 Å². The third-order valence-corrected chi connectivity index (χ3v) is 1.51. The largest absolute Gasteiger partial charge is 0.388 e. The summed E-state index contributed by atoms with van der Waals surface area (Å²) in [5, 5.41) is 18.3. The van der Waals surface area contributed by atoms with Gasteiger partial charge in [-0.05, 0) is 0 Å². The van der Waals surface area contributed by atoms with E-state index in [0.717, 1.165) is 0 Å². The van der Waals surface area contributed by atoms with E-state index in [2.05, 4.69) is 0 Å². The molecule has 0 spiro atoms. The van der Waals surface area contributed by atoms with Crippen LogP contribution in [0.1, 0.15) is 14.9 Å². The van der Waals surface area contributed by atoms with Crippen LogP contribution >= 0.6 is 0 Å². The van der Waals surface area contributed by atoms with Gasteiger partial charge in [0.15, 0.2) is 0 Å². The molecule has 0 aromatic rings. The summed E-state index contributed by atoms with van der Waals surface area (Å²) in [4.78, 5) is 0. The molecule has 2 atom stereocenters. The van der Waals surface area contributed by atoms with Crippen LogP contribution in [0.4, 0.5) is 0 Å². The van der Waals surface area contributed by atoms with E-state index in [4.69, 9.17) is 29.2 Å². The van der Waals surface area contributed by atoms with Gasteiger partial charge in [-0.1, -0.05) is 14.9 Å². The fourth-order valence-electron chi connectivity index (χ4n) is 0.908. The minimum absolute atomic E-state index is 0. The van der Waals surface area contributed by atoms with Crippen LogP contribution in [0.5, 0.6) is 0 Å². The monoisotopic (exact) mass is 256 g/mol. The zero-order valence-corrected chi connectivity index (χ0v) is 9.22. The summed E-state index contributed by atoms with van der Waals surface area (Å²) < 4.78 is 19.4. The molecule has 0 rings (SSSR count). The van der Waals surface area contributed by atoms with Crippen molar-refractivity contribution in [3.05, 3.63) is 0 Å². The molecule has 0 saturated heterocycles. The van der Waals surface area contributed by atoms with Gasteiger partial charge >= 0.3 is 0 Å². The van der Waals surface area contributed by atoms with Gasteiger partial charge in [0, 0.05) is 14.2 Å². The summed E-state index contributed by atoms with van der Waals surface area (Å²) in [7, 11) is 3.00. The first-order valence-corrected chi connectivity index (χ1v) is 4.70. The second-order valence-corrected chi connectivity index (χ2v) is 3.08. The zero-order valence-electron chi connectivity index (χ0n) is 9.22. The number of ether oxygens (including phenoxy) is 4. The SMILES string of the molecule is C.C.COCC(O)COCOCC(O)COC. The Kier molecular flexibility index (Phi) is 20.4. The Morgan fingerprint density at radius 3 is 1.41 bits per heavy atom. The summed E-state index contributed by atoms with van der Waals surface area (Å²) in [6, 6.07) is 0. The molecule has 0 amide bonds. The third kappa shape index (κ3) is 15.8. The lowest BCUT2D eigenvalue weighted by Gasteiger charge is -2.12. The van der Waals surface area contributed by atoms with Crippen molar-refractivity contribution in [2.75, 3.05) is 47.4 Å². The van der Waals surface area contributed by atoms with E-state index < -0.39 is 12.2 Å². The fraction of sp³-hybridized carbons (Fsp3) is 1.00. The Bertz CT molecular complexity index is 119. The predicted molar refractivity (Wildman–Crippen MR) is 66.0 cm³/mol. The highest BCUT2D eigenvalue weighted by molar-refractivity contribution is 4.50. The maximum absolute atomic E-state index is 9.17. The van der Waals surface area contributed by atoms with Crippen LogP contribution in [0.2, 0.25) is 0 Å². The van der Waals surface area contributed by atoms with Crippen LogP contribution in [0.3, 0.4) is 0 Å². The van der Waals surface area contributed by atoms with Gasteiger partial charge in [-0.15, -0.1) is 0 Å². The lowest BCUT2D eigenvalue weighted by molar-refractivity contribution is -0.110. The molecular weight excluding hydrogens is 228 g/mol. The van der Waals surface area contributed by atoms with Crippen LogP contribution in [-0.4, -0.2) is 69.9 Å². The Morgan fingerprint density at radius 1 is 0.765 bits per heavy atom. The molecule has 0 aromatic carbocycles. The predicted octanol–water partition coefficient (Wildman–Crippen LogP) is 0.264. The van der Waals surface area contributed by atoms with Crippen molar-refractivity contribution in [3.8, 4) is 0 Å². The number of hydrogen-bond donors (Lipinski definition) is 2. The lowest BCUT2D eigenvalue weighted by atomic mass is 10.4. The van der Waals surface area contributed by atoms with Crippen molar-refractivity contribution < 1.29 is 29.2 Å². The Balaban J connectivity index is -0.000000980. The van der Waals surface area contributed by atoms with Gasteiger partial charge in [0.05, 0.1) is 26.4 Å². The molecule has 0 aromatic heterocycles. The highest BCUT2D eigenvalue weighted by atomic mass is 16.7. The first kappa shape index (κ1) is 22.0. The molecule has 2 N–H and O–H groups in total. The highest BCUT2D eigenvalue weighted by Gasteiger charge is 2.05. The van der Waals surface area contributed by atoms with Crippen molar-refractivity contribution in [1.29, 1.82) is 0 Å². The van der Waals surface area contributed by atoms with E-state index in [1.165, 1.54) is 14.2 Å².